The van der Waals surface area contributed by atoms with E-state index in [0.29, 0.717) is 11.5 Å². The summed E-state index contributed by atoms with van der Waals surface area (Å²) in [6.07, 6.45) is 2.26. The molecule has 5 nitrogen and oxygen atoms in total. The number of oxazole rings is 1. The lowest BCUT2D eigenvalue weighted by atomic mass is 10.2. The minimum Gasteiger partial charge on any atom is -0.438 e. The Labute approximate surface area is 81.9 Å². The molecule has 0 bridgehead atoms. The van der Waals surface area contributed by atoms with Crippen molar-refractivity contribution in [3.05, 3.63) is 17.8 Å². The van der Waals surface area contributed by atoms with Gasteiger partial charge >= 0.3 is 0 Å². The summed E-state index contributed by atoms with van der Waals surface area (Å²) < 4.78 is 4.99. The average molecular weight is 195 g/mol. The molecule has 1 saturated heterocycles. The van der Waals surface area contributed by atoms with Crippen molar-refractivity contribution in [2.75, 3.05) is 13.1 Å². The third-order valence-electron chi connectivity index (χ3n) is 2.35. The third kappa shape index (κ3) is 1.77. The fourth-order valence-corrected chi connectivity index (χ4v) is 1.55. The smallest absolute Gasteiger partial charge is 0.289 e. The first kappa shape index (κ1) is 9.21. The summed E-state index contributed by atoms with van der Waals surface area (Å²) in [4.78, 5) is 15.5. The molecule has 2 N–H and O–H groups in total. The number of carbonyl (C=O) groups is 1. The molecule has 2 heterocycles. The molecule has 76 valence electrons. The second-order valence-corrected chi connectivity index (χ2v) is 3.43. The van der Waals surface area contributed by atoms with E-state index in [1.807, 2.05) is 0 Å². The predicted molar refractivity (Wildman–Crippen MR) is 50.0 cm³/mol. The topological polar surface area (TPSA) is 67.2 Å². The zero-order valence-corrected chi connectivity index (χ0v) is 8.04. The highest BCUT2D eigenvalue weighted by Gasteiger charge is 2.20. The van der Waals surface area contributed by atoms with Gasteiger partial charge in [0.2, 0.25) is 5.76 Å². The van der Waals surface area contributed by atoms with Crippen LogP contribution < -0.4 is 10.6 Å². The molecule has 0 saturated carbocycles. The normalized spacial score (nSPS) is 21.1. The van der Waals surface area contributed by atoms with Crippen molar-refractivity contribution in [1.82, 2.24) is 15.6 Å². The van der Waals surface area contributed by atoms with Crippen LogP contribution in [0.15, 0.2) is 10.8 Å². The first-order valence-corrected chi connectivity index (χ1v) is 4.69. The maximum Gasteiger partial charge on any atom is 0.289 e. The van der Waals surface area contributed by atoms with E-state index in [2.05, 4.69) is 15.6 Å². The van der Waals surface area contributed by atoms with E-state index in [1.54, 1.807) is 6.92 Å². The lowest BCUT2D eigenvalue weighted by molar-refractivity contribution is 0.0911. The Morgan fingerprint density at radius 1 is 1.79 bits per heavy atom. The van der Waals surface area contributed by atoms with Gasteiger partial charge < -0.3 is 15.1 Å². The molecule has 1 aliphatic rings. The lowest BCUT2D eigenvalue weighted by Crippen LogP contribution is -2.36. The first-order chi connectivity index (χ1) is 6.77. The Balaban J connectivity index is 1.98. The van der Waals surface area contributed by atoms with Crippen molar-refractivity contribution in [2.45, 2.75) is 19.4 Å². The van der Waals surface area contributed by atoms with Gasteiger partial charge in [0.15, 0.2) is 6.39 Å². The van der Waals surface area contributed by atoms with Crippen molar-refractivity contribution < 1.29 is 9.21 Å². The quantitative estimate of drug-likeness (QED) is 0.701. The van der Waals surface area contributed by atoms with Crippen LogP contribution in [0, 0.1) is 6.92 Å². The van der Waals surface area contributed by atoms with Crippen molar-refractivity contribution in [2.24, 2.45) is 0 Å². The van der Waals surface area contributed by atoms with E-state index in [0.717, 1.165) is 19.5 Å². The molecule has 1 atom stereocenters. The van der Waals surface area contributed by atoms with E-state index in [-0.39, 0.29) is 11.9 Å². The fourth-order valence-electron chi connectivity index (χ4n) is 1.55. The van der Waals surface area contributed by atoms with Gasteiger partial charge in [-0.05, 0) is 19.9 Å². The van der Waals surface area contributed by atoms with Crippen LogP contribution in [0.3, 0.4) is 0 Å². The van der Waals surface area contributed by atoms with Crippen LogP contribution in [-0.4, -0.2) is 30.0 Å². The number of aromatic nitrogens is 1. The van der Waals surface area contributed by atoms with Crippen LogP contribution in [0.4, 0.5) is 0 Å². The fraction of sp³-hybridized carbons (Fsp3) is 0.556. The van der Waals surface area contributed by atoms with Crippen LogP contribution in [0.5, 0.6) is 0 Å². The van der Waals surface area contributed by atoms with Crippen LogP contribution in [0.25, 0.3) is 0 Å². The summed E-state index contributed by atoms with van der Waals surface area (Å²) in [5, 5.41) is 6.06. The van der Waals surface area contributed by atoms with Gasteiger partial charge in [-0.15, -0.1) is 0 Å². The summed E-state index contributed by atoms with van der Waals surface area (Å²) in [6.45, 7) is 3.55. The highest BCUT2D eigenvalue weighted by atomic mass is 16.3. The number of amides is 1. The Kier molecular flexibility index (Phi) is 2.49. The van der Waals surface area contributed by atoms with E-state index < -0.39 is 0 Å². The van der Waals surface area contributed by atoms with Crippen LogP contribution in [0.1, 0.15) is 22.7 Å². The lowest BCUT2D eigenvalue weighted by Gasteiger charge is -2.09. The number of aryl methyl sites for hydroxylation is 1. The molecule has 1 aromatic rings. The van der Waals surface area contributed by atoms with Crippen molar-refractivity contribution in [3.8, 4) is 0 Å². The highest BCUT2D eigenvalue weighted by molar-refractivity contribution is 5.92. The van der Waals surface area contributed by atoms with Crippen LogP contribution in [0.2, 0.25) is 0 Å². The minimum absolute atomic E-state index is 0.172. The van der Waals surface area contributed by atoms with Gasteiger partial charge in [-0.3, -0.25) is 4.79 Å². The molecule has 0 aromatic carbocycles. The van der Waals surface area contributed by atoms with E-state index in [1.165, 1.54) is 6.39 Å². The van der Waals surface area contributed by atoms with Crippen molar-refractivity contribution >= 4 is 5.91 Å². The summed E-state index contributed by atoms with van der Waals surface area (Å²) >= 11 is 0. The van der Waals surface area contributed by atoms with E-state index in [4.69, 9.17) is 4.42 Å². The second-order valence-electron chi connectivity index (χ2n) is 3.43. The maximum atomic E-state index is 11.6. The summed E-state index contributed by atoms with van der Waals surface area (Å²) in [5.74, 6) is 0.144. The zero-order valence-electron chi connectivity index (χ0n) is 8.04. The average Bonchev–Trinajstić information content (AvgIpc) is 2.75. The van der Waals surface area contributed by atoms with Gasteiger partial charge in [-0.2, -0.15) is 0 Å². The van der Waals surface area contributed by atoms with Gasteiger partial charge in [0.1, 0.15) is 0 Å². The summed E-state index contributed by atoms with van der Waals surface area (Å²) in [6, 6.07) is 0.215. The number of rotatable bonds is 2. The molecule has 2 rings (SSSR count). The molecule has 0 aliphatic carbocycles. The second kappa shape index (κ2) is 3.79. The largest absolute Gasteiger partial charge is 0.438 e. The molecule has 1 fully saturated rings. The maximum absolute atomic E-state index is 11.6. The Hall–Kier alpha value is -1.36. The van der Waals surface area contributed by atoms with Crippen LogP contribution >= 0.6 is 0 Å². The monoisotopic (exact) mass is 195 g/mol. The number of nitrogens with one attached hydrogen (secondary N) is 2. The van der Waals surface area contributed by atoms with Crippen LogP contribution in [-0.2, 0) is 0 Å². The number of hydrogen-bond donors (Lipinski definition) is 2. The van der Waals surface area contributed by atoms with Gasteiger partial charge in [-0.25, -0.2) is 4.98 Å². The molecular weight excluding hydrogens is 182 g/mol. The van der Waals surface area contributed by atoms with Gasteiger partial charge in [0, 0.05) is 12.6 Å². The molecule has 1 aliphatic heterocycles. The summed E-state index contributed by atoms with van der Waals surface area (Å²) in [5.41, 5.74) is 0.633. The molecule has 0 unspecified atom stereocenters. The summed E-state index contributed by atoms with van der Waals surface area (Å²) in [7, 11) is 0. The predicted octanol–water partition coefficient (Wildman–Crippen LogP) is 0.0747. The highest BCUT2D eigenvalue weighted by Crippen LogP contribution is 2.06. The van der Waals surface area contributed by atoms with Gasteiger partial charge in [0.25, 0.3) is 5.91 Å². The molecule has 0 spiro atoms. The van der Waals surface area contributed by atoms with Gasteiger partial charge in [0.05, 0.1) is 5.69 Å². The zero-order chi connectivity index (χ0) is 9.97. The number of carbonyl (C=O) groups excluding carboxylic acids is 1. The van der Waals surface area contributed by atoms with Crippen molar-refractivity contribution in [3.63, 3.8) is 0 Å². The van der Waals surface area contributed by atoms with E-state index >= 15 is 0 Å². The first-order valence-electron chi connectivity index (χ1n) is 4.69. The Morgan fingerprint density at radius 3 is 3.21 bits per heavy atom. The SMILES string of the molecule is Cc1ncoc1C(=O)N[C@H]1CCNC1. The Bertz CT molecular complexity index is 329. The van der Waals surface area contributed by atoms with E-state index in [9.17, 15) is 4.79 Å². The third-order valence-corrected chi connectivity index (χ3v) is 2.35. The molecule has 0 radical (unpaired) electrons. The molecular formula is C9H13N3O2. The van der Waals surface area contributed by atoms with Gasteiger partial charge in [-0.1, -0.05) is 0 Å². The molecule has 1 aromatic heterocycles. The Morgan fingerprint density at radius 2 is 2.64 bits per heavy atom. The molecule has 14 heavy (non-hydrogen) atoms. The number of hydrogen-bond acceptors (Lipinski definition) is 4. The number of nitrogens with zero attached hydrogens (tertiary/aromatic N) is 1. The molecule has 1 amide bonds. The molecule has 5 heteroatoms. The standard InChI is InChI=1S/C9H13N3O2/c1-6-8(14-5-11-6)9(13)12-7-2-3-10-4-7/h5,7,10H,2-4H2,1H3,(H,12,13)/t7-/m0/s1. The van der Waals surface area contributed by atoms with Crippen molar-refractivity contribution in [1.29, 1.82) is 0 Å². The minimum atomic E-state index is -0.172.